The molecule has 7 heteroatoms. The lowest BCUT2D eigenvalue weighted by Gasteiger charge is -2.28. The summed E-state index contributed by atoms with van der Waals surface area (Å²) in [6.07, 6.45) is 4.87. The monoisotopic (exact) mass is 306 g/mol. The van der Waals surface area contributed by atoms with Crippen LogP contribution >= 0.6 is 0 Å². The summed E-state index contributed by atoms with van der Waals surface area (Å²) in [5.41, 5.74) is 0.539. The molecule has 22 heavy (non-hydrogen) atoms. The van der Waals surface area contributed by atoms with Crippen LogP contribution in [0.3, 0.4) is 0 Å². The second kappa shape index (κ2) is 6.39. The van der Waals surface area contributed by atoms with Gasteiger partial charge in [0.25, 0.3) is 0 Å². The fourth-order valence-electron chi connectivity index (χ4n) is 2.88. The summed E-state index contributed by atoms with van der Waals surface area (Å²) in [6, 6.07) is 1.11. The summed E-state index contributed by atoms with van der Waals surface area (Å²) in [5.74, 6) is -0.266. The Kier molecular flexibility index (Phi) is 4.33. The van der Waals surface area contributed by atoms with Crippen molar-refractivity contribution in [3.63, 3.8) is 0 Å². The zero-order valence-corrected chi connectivity index (χ0v) is 12.3. The van der Waals surface area contributed by atoms with E-state index in [0.29, 0.717) is 17.9 Å². The van der Waals surface area contributed by atoms with Gasteiger partial charge in [-0.1, -0.05) is 6.42 Å². The molecule has 6 nitrogen and oxygen atoms in total. The van der Waals surface area contributed by atoms with E-state index in [-0.39, 0.29) is 24.7 Å². The summed E-state index contributed by atoms with van der Waals surface area (Å²) >= 11 is 0. The van der Waals surface area contributed by atoms with Gasteiger partial charge in [-0.2, -0.15) is 0 Å². The lowest BCUT2D eigenvalue weighted by atomic mass is 10.1. The van der Waals surface area contributed by atoms with Crippen LogP contribution in [0.1, 0.15) is 31.2 Å². The number of carbonyl (C=O) groups is 2. The minimum Gasteiger partial charge on any atom is -0.299 e. The number of imide groups is 1. The molecular formula is C15H19FN4O2. The van der Waals surface area contributed by atoms with Crippen molar-refractivity contribution in [1.82, 2.24) is 15.2 Å². The molecule has 3 rings (SSSR count). The van der Waals surface area contributed by atoms with E-state index in [2.05, 4.69) is 15.2 Å². The van der Waals surface area contributed by atoms with E-state index in [9.17, 15) is 14.0 Å². The van der Waals surface area contributed by atoms with Crippen LogP contribution in [-0.2, 0) is 11.3 Å². The average Bonchev–Trinajstić information content (AvgIpc) is 2.51. The number of nitrogens with one attached hydrogen (secondary N) is 1. The first-order chi connectivity index (χ1) is 10.6. The predicted octanol–water partition coefficient (Wildman–Crippen LogP) is 1.65. The van der Waals surface area contributed by atoms with E-state index in [1.807, 2.05) is 0 Å². The van der Waals surface area contributed by atoms with Gasteiger partial charge in [-0.05, 0) is 32.0 Å². The average molecular weight is 306 g/mol. The lowest BCUT2D eigenvalue weighted by Crippen LogP contribution is -2.50. The number of aromatic nitrogens is 1. The highest BCUT2D eigenvalue weighted by Gasteiger charge is 2.26. The molecule has 2 aliphatic heterocycles. The Labute approximate surface area is 128 Å². The topological polar surface area (TPSA) is 65.5 Å². The van der Waals surface area contributed by atoms with Crippen LogP contribution in [0.5, 0.6) is 0 Å². The lowest BCUT2D eigenvalue weighted by molar-refractivity contribution is -0.120. The quantitative estimate of drug-likeness (QED) is 0.922. The summed E-state index contributed by atoms with van der Waals surface area (Å²) in [5, 5.41) is 2.25. The number of halogens is 1. The Bertz CT molecular complexity index is 587. The van der Waals surface area contributed by atoms with Gasteiger partial charge in [0, 0.05) is 25.1 Å². The number of pyridine rings is 1. The molecule has 0 atom stereocenters. The van der Waals surface area contributed by atoms with Gasteiger partial charge in [0.15, 0.2) is 0 Å². The van der Waals surface area contributed by atoms with Gasteiger partial charge in [-0.25, -0.2) is 14.2 Å². The number of rotatable bonds is 3. The number of urea groups is 1. The molecule has 0 saturated carbocycles. The molecule has 118 valence electrons. The van der Waals surface area contributed by atoms with Crippen LogP contribution < -0.4 is 10.2 Å². The van der Waals surface area contributed by atoms with E-state index >= 15 is 0 Å². The molecule has 0 spiro atoms. The second-order valence-electron chi connectivity index (χ2n) is 5.73. The van der Waals surface area contributed by atoms with E-state index in [1.165, 1.54) is 11.3 Å². The molecule has 0 aromatic carbocycles. The molecular weight excluding hydrogens is 287 g/mol. The number of nitrogens with zero attached hydrogens (tertiary/aromatic N) is 3. The van der Waals surface area contributed by atoms with Crippen molar-refractivity contribution >= 4 is 17.8 Å². The van der Waals surface area contributed by atoms with Crippen molar-refractivity contribution in [2.75, 3.05) is 24.5 Å². The summed E-state index contributed by atoms with van der Waals surface area (Å²) < 4.78 is 14.0. The Morgan fingerprint density at radius 1 is 1.18 bits per heavy atom. The smallest absolute Gasteiger partial charge is 0.299 e. The number of likely N-dealkylation sites (tertiary alicyclic amines) is 1. The Morgan fingerprint density at radius 2 is 1.95 bits per heavy atom. The van der Waals surface area contributed by atoms with Gasteiger partial charge in [0.1, 0.15) is 11.6 Å². The highest BCUT2D eigenvalue weighted by molar-refractivity contribution is 6.05. The number of amides is 3. The van der Waals surface area contributed by atoms with Crippen LogP contribution in [0.15, 0.2) is 12.3 Å². The summed E-state index contributed by atoms with van der Waals surface area (Å²) in [4.78, 5) is 30.6. The third kappa shape index (κ3) is 3.24. The molecule has 1 N–H and O–H groups in total. The van der Waals surface area contributed by atoms with E-state index in [0.717, 1.165) is 32.1 Å². The van der Waals surface area contributed by atoms with Crippen LogP contribution in [0, 0.1) is 5.82 Å². The molecule has 2 fully saturated rings. The number of hydrogen-bond donors (Lipinski definition) is 1. The Morgan fingerprint density at radius 3 is 2.68 bits per heavy atom. The highest BCUT2D eigenvalue weighted by Crippen LogP contribution is 2.20. The first kappa shape index (κ1) is 14.9. The first-order valence-corrected chi connectivity index (χ1v) is 7.61. The fraction of sp³-hybridized carbons (Fsp3) is 0.533. The van der Waals surface area contributed by atoms with Gasteiger partial charge in [0.05, 0.1) is 6.20 Å². The largest absolute Gasteiger partial charge is 0.329 e. The van der Waals surface area contributed by atoms with Crippen molar-refractivity contribution < 1.29 is 14.0 Å². The number of hydrogen-bond acceptors (Lipinski definition) is 4. The SMILES string of the molecule is O=C1CCN(c2cc(CN3CCCCC3)c(F)cn2)C(=O)N1. The van der Waals surface area contributed by atoms with Crippen molar-refractivity contribution in [1.29, 1.82) is 0 Å². The first-order valence-electron chi connectivity index (χ1n) is 7.61. The van der Waals surface area contributed by atoms with E-state index < -0.39 is 6.03 Å². The maximum atomic E-state index is 14.0. The molecule has 3 amide bonds. The van der Waals surface area contributed by atoms with Crippen molar-refractivity contribution in [3.8, 4) is 0 Å². The van der Waals surface area contributed by atoms with Gasteiger partial charge in [0.2, 0.25) is 5.91 Å². The highest BCUT2D eigenvalue weighted by atomic mass is 19.1. The second-order valence-corrected chi connectivity index (χ2v) is 5.73. The van der Waals surface area contributed by atoms with Crippen LogP contribution in [0.4, 0.5) is 15.0 Å². The molecule has 0 unspecified atom stereocenters. The van der Waals surface area contributed by atoms with Crippen molar-refractivity contribution in [2.45, 2.75) is 32.2 Å². The summed E-state index contributed by atoms with van der Waals surface area (Å²) in [6.45, 7) is 2.73. The molecule has 1 aromatic rings. The van der Waals surface area contributed by atoms with Crippen LogP contribution in [0.2, 0.25) is 0 Å². The van der Waals surface area contributed by atoms with Crippen molar-refractivity contribution in [3.05, 3.63) is 23.6 Å². The maximum Gasteiger partial charge on any atom is 0.329 e. The predicted molar refractivity (Wildman–Crippen MR) is 78.8 cm³/mol. The summed E-state index contributed by atoms with van der Waals surface area (Å²) in [7, 11) is 0. The molecule has 2 aliphatic rings. The standard InChI is InChI=1S/C15H19FN4O2/c16-12-9-17-13(20-7-4-14(21)18-15(20)22)8-11(12)10-19-5-2-1-3-6-19/h8-9H,1-7,10H2,(H,18,21,22). The molecule has 2 saturated heterocycles. The molecule has 0 aliphatic carbocycles. The van der Waals surface area contributed by atoms with Gasteiger partial charge in [-0.3, -0.25) is 19.9 Å². The maximum absolute atomic E-state index is 14.0. The fourth-order valence-corrected chi connectivity index (χ4v) is 2.88. The molecule has 1 aromatic heterocycles. The van der Waals surface area contributed by atoms with E-state index in [1.54, 1.807) is 6.07 Å². The third-order valence-electron chi connectivity index (χ3n) is 4.09. The number of anilines is 1. The van der Waals surface area contributed by atoms with Gasteiger partial charge in [-0.15, -0.1) is 0 Å². The van der Waals surface area contributed by atoms with Gasteiger partial charge < -0.3 is 0 Å². The minimum atomic E-state index is -0.501. The normalized spacial score (nSPS) is 20.1. The molecule has 0 radical (unpaired) electrons. The zero-order valence-electron chi connectivity index (χ0n) is 12.3. The zero-order chi connectivity index (χ0) is 15.5. The Hall–Kier alpha value is -2.02. The number of carbonyl (C=O) groups excluding carboxylic acids is 2. The van der Waals surface area contributed by atoms with Gasteiger partial charge >= 0.3 is 6.03 Å². The molecule has 3 heterocycles. The Balaban J connectivity index is 1.77. The molecule has 0 bridgehead atoms. The van der Waals surface area contributed by atoms with Crippen LogP contribution in [-0.4, -0.2) is 41.5 Å². The van der Waals surface area contributed by atoms with Crippen LogP contribution in [0.25, 0.3) is 0 Å². The number of piperidine rings is 1. The third-order valence-corrected chi connectivity index (χ3v) is 4.09. The van der Waals surface area contributed by atoms with Crippen molar-refractivity contribution in [2.24, 2.45) is 0 Å². The van der Waals surface area contributed by atoms with E-state index in [4.69, 9.17) is 0 Å². The minimum absolute atomic E-state index is 0.228.